The van der Waals surface area contributed by atoms with E-state index in [-0.39, 0.29) is 0 Å². The molecule has 2 atom stereocenters. The summed E-state index contributed by atoms with van der Waals surface area (Å²) in [5, 5.41) is 5.20. The molecule has 1 fully saturated rings. The molecule has 2 unspecified atom stereocenters. The molecule has 2 aliphatic heterocycles. The zero-order valence-electron chi connectivity index (χ0n) is 10.2. The second-order valence-electron chi connectivity index (χ2n) is 4.92. The van der Waals surface area contributed by atoms with Crippen molar-refractivity contribution in [1.82, 2.24) is 5.32 Å². The van der Waals surface area contributed by atoms with E-state index in [9.17, 15) is 0 Å². The summed E-state index contributed by atoms with van der Waals surface area (Å²) in [7, 11) is 0. The molecule has 0 saturated carbocycles. The normalized spacial score (nSPS) is 30.6. The van der Waals surface area contributed by atoms with Crippen molar-refractivity contribution in [3.8, 4) is 0 Å². The first-order valence-corrected chi connectivity index (χ1v) is 7.20. The highest BCUT2D eigenvalue weighted by Gasteiger charge is 2.23. The average Bonchev–Trinajstić information content (AvgIpc) is 2.76. The molecule has 16 heavy (non-hydrogen) atoms. The molecule has 1 N–H and O–H groups in total. The fraction of sp³-hybridized carbons (Fsp3) is 0.917. The van der Waals surface area contributed by atoms with Gasteiger partial charge in [0.05, 0.1) is 12.6 Å². The molecule has 0 aromatic heterocycles. The van der Waals surface area contributed by atoms with Gasteiger partial charge in [-0.1, -0.05) is 25.6 Å². The van der Waals surface area contributed by atoms with E-state index in [2.05, 4.69) is 24.2 Å². The summed E-state index contributed by atoms with van der Waals surface area (Å²) in [6, 6.07) is 0. The Bertz CT molecular complexity index is 249. The predicted octanol–water partition coefficient (Wildman–Crippen LogP) is 2.27. The third-order valence-corrected chi connectivity index (χ3v) is 4.67. The summed E-state index contributed by atoms with van der Waals surface area (Å²) in [4.78, 5) is 4.54. The van der Waals surface area contributed by atoms with Crippen LogP contribution in [0.2, 0.25) is 0 Å². The lowest BCUT2D eigenvalue weighted by atomic mass is 10.1. The molecule has 92 valence electrons. The van der Waals surface area contributed by atoms with Crippen LogP contribution in [0.1, 0.15) is 33.1 Å². The number of amidine groups is 1. The monoisotopic (exact) mass is 242 g/mol. The Labute approximate surface area is 102 Å². The zero-order valence-corrected chi connectivity index (χ0v) is 11.1. The van der Waals surface area contributed by atoms with Crippen LogP contribution in [-0.4, -0.2) is 36.2 Å². The molecule has 2 rings (SSSR count). The van der Waals surface area contributed by atoms with Crippen molar-refractivity contribution in [1.29, 1.82) is 0 Å². The third kappa shape index (κ3) is 3.39. The first-order valence-electron chi connectivity index (χ1n) is 6.32. The average molecular weight is 242 g/mol. The Kier molecular flexibility index (Phi) is 4.53. The number of nitrogens with zero attached hydrogens (tertiary/aromatic N) is 1. The van der Waals surface area contributed by atoms with Crippen LogP contribution in [0.4, 0.5) is 0 Å². The van der Waals surface area contributed by atoms with Gasteiger partial charge in [-0.05, 0) is 25.2 Å². The molecule has 0 amide bonds. The highest BCUT2D eigenvalue weighted by atomic mass is 32.2. The lowest BCUT2D eigenvalue weighted by molar-refractivity contribution is 0.0197. The van der Waals surface area contributed by atoms with Crippen molar-refractivity contribution in [3.63, 3.8) is 0 Å². The predicted molar refractivity (Wildman–Crippen MR) is 70.1 cm³/mol. The number of ether oxygens (including phenoxy) is 1. The van der Waals surface area contributed by atoms with Crippen LogP contribution in [-0.2, 0) is 4.74 Å². The number of rotatable bonds is 3. The van der Waals surface area contributed by atoms with Crippen molar-refractivity contribution in [3.05, 3.63) is 0 Å². The van der Waals surface area contributed by atoms with E-state index in [1.165, 1.54) is 19.3 Å². The minimum atomic E-state index is 0.398. The van der Waals surface area contributed by atoms with Crippen molar-refractivity contribution in [2.24, 2.45) is 10.9 Å². The van der Waals surface area contributed by atoms with E-state index in [1.54, 1.807) is 0 Å². The number of thioether (sulfide) groups is 1. The second-order valence-corrected chi connectivity index (χ2v) is 6.14. The number of hydrogen-bond acceptors (Lipinski definition) is 4. The topological polar surface area (TPSA) is 33.6 Å². The fourth-order valence-electron chi connectivity index (χ4n) is 2.00. The third-order valence-electron chi connectivity index (χ3n) is 3.18. The fourth-order valence-corrected chi connectivity index (χ4v) is 3.03. The number of aliphatic imine (C=N–C) groups is 1. The van der Waals surface area contributed by atoms with Gasteiger partial charge < -0.3 is 10.1 Å². The lowest BCUT2D eigenvalue weighted by Gasteiger charge is -2.23. The van der Waals surface area contributed by atoms with E-state index in [1.807, 2.05) is 11.8 Å². The van der Waals surface area contributed by atoms with Gasteiger partial charge in [0, 0.05) is 18.4 Å². The Morgan fingerprint density at radius 2 is 2.38 bits per heavy atom. The van der Waals surface area contributed by atoms with Gasteiger partial charge in [-0.15, -0.1) is 0 Å². The summed E-state index contributed by atoms with van der Waals surface area (Å²) in [6.45, 7) is 7.36. The van der Waals surface area contributed by atoms with E-state index in [0.717, 1.165) is 24.9 Å². The highest BCUT2D eigenvalue weighted by molar-refractivity contribution is 8.14. The maximum absolute atomic E-state index is 5.69. The minimum absolute atomic E-state index is 0.398. The minimum Gasteiger partial charge on any atom is -0.376 e. The van der Waals surface area contributed by atoms with Gasteiger partial charge in [-0.3, -0.25) is 4.99 Å². The van der Waals surface area contributed by atoms with Gasteiger partial charge >= 0.3 is 0 Å². The van der Waals surface area contributed by atoms with Crippen molar-refractivity contribution in [2.45, 2.75) is 44.5 Å². The van der Waals surface area contributed by atoms with Gasteiger partial charge in [0.2, 0.25) is 0 Å². The van der Waals surface area contributed by atoms with Crippen LogP contribution in [0.15, 0.2) is 4.99 Å². The standard InChI is InChI=1S/C12H22N2OS/c1-9(2)11-8-14-12(16-11)13-7-10-5-3-4-6-15-10/h9-11H,3-8H2,1-2H3,(H,13,14). The lowest BCUT2D eigenvalue weighted by Crippen LogP contribution is -2.34. The molecule has 2 heterocycles. The van der Waals surface area contributed by atoms with E-state index in [0.29, 0.717) is 17.3 Å². The summed E-state index contributed by atoms with van der Waals surface area (Å²) in [6.07, 6.45) is 4.12. The molecule has 0 aliphatic carbocycles. The second kappa shape index (κ2) is 5.92. The number of nitrogens with one attached hydrogen (secondary N) is 1. The highest BCUT2D eigenvalue weighted by Crippen LogP contribution is 2.26. The molecule has 0 aromatic rings. The van der Waals surface area contributed by atoms with Gasteiger partial charge in [-0.2, -0.15) is 0 Å². The molecule has 4 heteroatoms. The SMILES string of the molecule is CC(C)C1CN=C(NCC2CCCCO2)S1. The molecule has 0 spiro atoms. The van der Waals surface area contributed by atoms with Crippen molar-refractivity contribution < 1.29 is 4.74 Å². The Hall–Kier alpha value is -0.220. The molecular weight excluding hydrogens is 220 g/mol. The van der Waals surface area contributed by atoms with E-state index < -0.39 is 0 Å². The largest absolute Gasteiger partial charge is 0.376 e. The van der Waals surface area contributed by atoms with Crippen molar-refractivity contribution >= 4 is 16.9 Å². The van der Waals surface area contributed by atoms with Crippen LogP contribution < -0.4 is 5.32 Å². The van der Waals surface area contributed by atoms with Crippen LogP contribution in [0.3, 0.4) is 0 Å². The van der Waals surface area contributed by atoms with Crippen LogP contribution in [0.25, 0.3) is 0 Å². The molecule has 3 nitrogen and oxygen atoms in total. The maximum atomic E-state index is 5.69. The Balaban J connectivity index is 1.67. The summed E-state index contributed by atoms with van der Waals surface area (Å²) < 4.78 is 5.69. The first-order chi connectivity index (χ1) is 7.75. The van der Waals surface area contributed by atoms with Gasteiger partial charge in [0.15, 0.2) is 5.17 Å². The van der Waals surface area contributed by atoms with E-state index >= 15 is 0 Å². The molecule has 1 saturated heterocycles. The maximum Gasteiger partial charge on any atom is 0.157 e. The van der Waals surface area contributed by atoms with Gasteiger partial charge in [-0.25, -0.2) is 0 Å². The Morgan fingerprint density at radius 1 is 1.50 bits per heavy atom. The Morgan fingerprint density at radius 3 is 3.00 bits per heavy atom. The van der Waals surface area contributed by atoms with Gasteiger partial charge in [0.25, 0.3) is 0 Å². The number of hydrogen-bond donors (Lipinski definition) is 1. The zero-order chi connectivity index (χ0) is 11.4. The molecular formula is C12H22N2OS. The van der Waals surface area contributed by atoms with E-state index in [4.69, 9.17) is 4.74 Å². The van der Waals surface area contributed by atoms with Crippen LogP contribution in [0.5, 0.6) is 0 Å². The smallest absolute Gasteiger partial charge is 0.157 e. The quantitative estimate of drug-likeness (QED) is 0.824. The molecule has 2 aliphatic rings. The first kappa shape index (κ1) is 12.2. The van der Waals surface area contributed by atoms with Crippen molar-refractivity contribution in [2.75, 3.05) is 19.7 Å². The van der Waals surface area contributed by atoms with Gasteiger partial charge in [0.1, 0.15) is 0 Å². The molecule has 0 radical (unpaired) electrons. The summed E-state index contributed by atoms with van der Waals surface area (Å²) >= 11 is 1.89. The van der Waals surface area contributed by atoms with Crippen LogP contribution in [0, 0.1) is 5.92 Å². The summed E-state index contributed by atoms with van der Waals surface area (Å²) in [5.74, 6) is 0.707. The van der Waals surface area contributed by atoms with Crippen LogP contribution >= 0.6 is 11.8 Å². The molecule has 0 bridgehead atoms. The summed E-state index contributed by atoms with van der Waals surface area (Å²) in [5.41, 5.74) is 0. The molecule has 0 aromatic carbocycles.